The molecule has 0 saturated carbocycles. The molecule has 2 aromatic rings. The fourth-order valence-electron chi connectivity index (χ4n) is 2.50. The molecule has 3 heterocycles. The highest BCUT2D eigenvalue weighted by Crippen LogP contribution is 2.22. The number of aryl methyl sites for hydroxylation is 2. The van der Waals surface area contributed by atoms with Crippen molar-refractivity contribution < 1.29 is 9.53 Å². The second-order valence-corrected chi connectivity index (χ2v) is 6.04. The van der Waals surface area contributed by atoms with Gasteiger partial charge in [-0.1, -0.05) is 11.4 Å². The first-order valence-corrected chi connectivity index (χ1v) is 8.15. The summed E-state index contributed by atoms with van der Waals surface area (Å²) < 4.78 is 9.54. The number of aromatic nitrogens is 4. The van der Waals surface area contributed by atoms with Crippen LogP contribution in [0.1, 0.15) is 39.9 Å². The minimum Gasteiger partial charge on any atom is -0.367 e. The molecule has 23 heavy (non-hydrogen) atoms. The lowest BCUT2D eigenvalue weighted by Crippen LogP contribution is -2.43. The Kier molecular flexibility index (Phi) is 4.49. The van der Waals surface area contributed by atoms with Crippen LogP contribution in [-0.2, 0) is 11.2 Å². The molecule has 1 atom stereocenters. The van der Waals surface area contributed by atoms with Crippen LogP contribution in [0.25, 0.3) is 0 Å². The van der Waals surface area contributed by atoms with Crippen LogP contribution in [0.4, 0.5) is 0 Å². The Labute approximate surface area is 136 Å². The Morgan fingerprint density at radius 1 is 1.57 bits per heavy atom. The Balaban J connectivity index is 1.80. The van der Waals surface area contributed by atoms with Crippen molar-refractivity contribution in [2.45, 2.75) is 26.4 Å². The van der Waals surface area contributed by atoms with Crippen molar-refractivity contribution in [1.82, 2.24) is 24.5 Å². The Morgan fingerprint density at radius 3 is 3.13 bits per heavy atom. The third kappa shape index (κ3) is 3.30. The number of carbonyl (C=O) groups is 1. The monoisotopic (exact) mass is 335 g/mol. The summed E-state index contributed by atoms with van der Waals surface area (Å²) in [5.74, 6) is 0.353. The molecule has 8 nitrogen and oxygen atoms in total. The van der Waals surface area contributed by atoms with Crippen LogP contribution in [0.5, 0.6) is 0 Å². The van der Waals surface area contributed by atoms with Crippen molar-refractivity contribution in [3.05, 3.63) is 38.5 Å². The Morgan fingerprint density at radius 2 is 2.39 bits per heavy atom. The van der Waals surface area contributed by atoms with Gasteiger partial charge in [-0.25, -0.2) is 4.98 Å². The van der Waals surface area contributed by atoms with Gasteiger partial charge < -0.3 is 14.6 Å². The quantitative estimate of drug-likeness (QED) is 0.886. The van der Waals surface area contributed by atoms with Crippen molar-refractivity contribution in [3.63, 3.8) is 0 Å². The summed E-state index contributed by atoms with van der Waals surface area (Å²) >= 11 is 1.11. The second-order valence-electron chi connectivity index (χ2n) is 5.28. The van der Waals surface area contributed by atoms with Crippen LogP contribution in [0.3, 0.4) is 0 Å². The minimum atomic E-state index is -0.439. The van der Waals surface area contributed by atoms with Gasteiger partial charge >= 0.3 is 0 Å². The van der Waals surface area contributed by atoms with Crippen molar-refractivity contribution in [2.24, 2.45) is 0 Å². The molecule has 0 bridgehead atoms. The first-order chi connectivity index (χ1) is 11.1. The number of aromatic amines is 1. The molecule has 1 aliphatic rings. The second kappa shape index (κ2) is 6.55. The van der Waals surface area contributed by atoms with E-state index in [0.29, 0.717) is 48.2 Å². The molecule has 1 saturated heterocycles. The van der Waals surface area contributed by atoms with E-state index >= 15 is 0 Å². The molecule has 0 aromatic carbocycles. The highest BCUT2D eigenvalue weighted by Gasteiger charge is 2.29. The van der Waals surface area contributed by atoms with E-state index in [9.17, 15) is 9.59 Å². The highest BCUT2D eigenvalue weighted by molar-refractivity contribution is 7.08. The average molecular weight is 335 g/mol. The third-order valence-electron chi connectivity index (χ3n) is 3.63. The molecule has 9 heteroatoms. The molecule has 1 fully saturated rings. The number of H-pyrrole nitrogens is 1. The van der Waals surface area contributed by atoms with E-state index in [-0.39, 0.29) is 11.5 Å². The number of hydrogen-bond acceptors (Lipinski definition) is 7. The van der Waals surface area contributed by atoms with Crippen molar-refractivity contribution in [2.75, 3.05) is 19.7 Å². The zero-order valence-electron chi connectivity index (χ0n) is 12.9. The van der Waals surface area contributed by atoms with Crippen molar-refractivity contribution in [1.29, 1.82) is 0 Å². The fourth-order valence-corrected chi connectivity index (χ4v) is 3.22. The molecule has 1 amide bonds. The number of ether oxygens (including phenoxy) is 1. The van der Waals surface area contributed by atoms with E-state index in [0.717, 1.165) is 11.5 Å². The number of rotatable bonds is 3. The maximum atomic E-state index is 12.7. The summed E-state index contributed by atoms with van der Waals surface area (Å²) in [6.45, 7) is 4.92. The Hall–Kier alpha value is -2.13. The molecule has 1 N–H and O–H groups in total. The molecular formula is C14H17N5O3S. The molecule has 0 radical (unpaired) electrons. The number of nitrogens with one attached hydrogen (secondary N) is 1. The molecule has 0 spiro atoms. The zero-order chi connectivity index (χ0) is 16.4. The first-order valence-electron chi connectivity index (χ1n) is 7.38. The maximum Gasteiger partial charge on any atom is 0.267 e. The van der Waals surface area contributed by atoms with Crippen LogP contribution >= 0.6 is 11.5 Å². The lowest BCUT2D eigenvalue weighted by atomic mass is 10.2. The van der Waals surface area contributed by atoms with Gasteiger partial charge in [-0.05, 0) is 24.9 Å². The zero-order valence-corrected chi connectivity index (χ0v) is 13.7. The summed E-state index contributed by atoms with van der Waals surface area (Å²) in [7, 11) is 0. The fraction of sp³-hybridized carbons (Fsp3) is 0.500. The van der Waals surface area contributed by atoms with E-state index in [2.05, 4.69) is 19.6 Å². The predicted molar refractivity (Wildman–Crippen MR) is 83.5 cm³/mol. The van der Waals surface area contributed by atoms with E-state index in [4.69, 9.17) is 4.74 Å². The lowest BCUT2D eigenvalue weighted by Gasteiger charge is -2.32. The van der Waals surface area contributed by atoms with E-state index in [1.54, 1.807) is 11.8 Å². The molecular weight excluding hydrogens is 318 g/mol. The van der Waals surface area contributed by atoms with E-state index in [1.807, 2.05) is 6.92 Å². The summed E-state index contributed by atoms with van der Waals surface area (Å²) in [5.41, 5.74) is 1.11. The standard InChI is InChI=1S/C14H17N5O3S/c1-3-9-12(23-18-17-9)14(21)19-4-5-22-10(7-19)13-15-8(2)6-11(20)16-13/h6,10H,3-5,7H2,1-2H3,(H,15,16,20)/t10-/m0/s1. The summed E-state index contributed by atoms with van der Waals surface area (Å²) in [6, 6.07) is 1.42. The van der Waals surface area contributed by atoms with Crippen LogP contribution in [0.15, 0.2) is 10.9 Å². The topological polar surface area (TPSA) is 101 Å². The SMILES string of the molecule is CCc1nnsc1C(=O)N1CCO[C@H](c2nc(C)cc(=O)[nH]2)C1. The average Bonchev–Trinajstić information content (AvgIpc) is 3.02. The van der Waals surface area contributed by atoms with E-state index in [1.165, 1.54) is 6.07 Å². The van der Waals surface area contributed by atoms with Gasteiger partial charge in [0, 0.05) is 18.3 Å². The number of nitrogens with zero attached hydrogens (tertiary/aromatic N) is 4. The minimum absolute atomic E-state index is 0.0971. The summed E-state index contributed by atoms with van der Waals surface area (Å²) in [4.78, 5) is 33.5. The van der Waals surface area contributed by atoms with Gasteiger partial charge in [0.25, 0.3) is 11.5 Å². The van der Waals surface area contributed by atoms with E-state index < -0.39 is 6.10 Å². The third-order valence-corrected chi connectivity index (χ3v) is 4.39. The molecule has 0 aliphatic carbocycles. The molecule has 3 rings (SSSR count). The highest BCUT2D eigenvalue weighted by atomic mass is 32.1. The van der Waals surface area contributed by atoms with Gasteiger partial charge in [-0.2, -0.15) is 0 Å². The number of morpholine rings is 1. The molecule has 1 aliphatic heterocycles. The van der Waals surface area contributed by atoms with Crippen molar-refractivity contribution >= 4 is 17.4 Å². The van der Waals surface area contributed by atoms with Crippen LogP contribution < -0.4 is 5.56 Å². The van der Waals surface area contributed by atoms with Gasteiger partial charge in [0.2, 0.25) is 0 Å². The van der Waals surface area contributed by atoms with Crippen molar-refractivity contribution in [3.8, 4) is 0 Å². The Bertz CT molecular complexity index is 772. The predicted octanol–water partition coefficient (Wildman–Crippen LogP) is 0.706. The normalized spacial score (nSPS) is 18.2. The molecule has 0 unspecified atom stereocenters. The van der Waals surface area contributed by atoms with Gasteiger partial charge in [0.15, 0.2) is 0 Å². The molecule has 2 aromatic heterocycles. The summed E-state index contributed by atoms with van der Waals surface area (Å²) in [6.07, 6.45) is 0.226. The smallest absolute Gasteiger partial charge is 0.267 e. The van der Waals surface area contributed by atoms with Crippen LogP contribution in [0.2, 0.25) is 0 Å². The largest absolute Gasteiger partial charge is 0.367 e. The number of hydrogen-bond donors (Lipinski definition) is 1. The van der Waals surface area contributed by atoms with Gasteiger partial charge in [-0.3, -0.25) is 9.59 Å². The van der Waals surface area contributed by atoms with Gasteiger partial charge in [0.05, 0.1) is 18.8 Å². The van der Waals surface area contributed by atoms with Crippen LogP contribution in [0, 0.1) is 6.92 Å². The number of carbonyl (C=O) groups excluding carboxylic acids is 1. The number of amides is 1. The molecule has 122 valence electrons. The van der Waals surface area contributed by atoms with Crippen LogP contribution in [-0.4, -0.2) is 50.1 Å². The summed E-state index contributed by atoms with van der Waals surface area (Å²) in [5, 5.41) is 3.98. The maximum absolute atomic E-state index is 12.7. The first kappa shape index (κ1) is 15.8. The van der Waals surface area contributed by atoms with Gasteiger partial charge in [-0.15, -0.1) is 5.10 Å². The van der Waals surface area contributed by atoms with Gasteiger partial charge in [0.1, 0.15) is 16.8 Å². The lowest BCUT2D eigenvalue weighted by molar-refractivity contribution is -0.0268.